The number of aromatic hydroxyl groups is 1. The average molecular weight is 385 g/mol. The van der Waals surface area contributed by atoms with E-state index in [0.717, 1.165) is 5.39 Å². The maximum absolute atomic E-state index is 13.1. The zero-order chi connectivity index (χ0) is 20.4. The van der Waals surface area contributed by atoms with Gasteiger partial charge in [-0.15, -0.1) is 0 Å². The fourth-order valence-electron chi connectivity index (χ4n) is 3.76. The summed E-state index contributed by atoms with van der Waals surface area (Å²) in [6.07, 6.45) is 1.25. The topological polar surface area (TPSA) is 93.4 Å². The lowest BCUT2D eigenvalue weighted by Crippen LogP contribution is -2.43. The van der Waals surface area contributed by atoms with E-state index in [4.69, 9.17) is 5.26 Å². The van der Waals surface area contributed by atoms with Crippen LogP contribution in [0.2, 0.25) is 0 Å². The van der Waals surface area contributed by atoms with Crippen LogP contribution in [0.5, 0.6) is 5.75 Å². The van der Waals surface area contributed by atoms with Crippen molar-refractivity contribution in [1.82, 2.24) is 4.90 Å². The molecule has 2 amide bonds. The van der Waals surface area contributed by atoms with Crippen LogP contribution in [0.4, 0.5) is 5.69 Å². The van der Waals surface area contributed by atoms with Gasteiger partial charge in [-0.3, -0.25) is 9.59 Å². The standard InChI is InChI=1S/C23H19N3O3/c24-14-15-5-3-7-17(13-15)25-22(28)20-9-4-12-26(20)23(29)19-11-10-16-6-1-2-8-18(16)21(19)27/h1-3,5-8,10-11,13,20,27H,4,9,12H2,(H,25,28). The van der Waals surface area contributed by atoms with Crippen molar-refractivity contribution in [3.8, 4) is 11.8 Å². The second-order valence-electron chi connectivity index (χ2n) is 7.02. The second kappa shape index (κ2) is 7.64. The van der Waals surface area contributed by atoms with Crippen LogP contribution in [0.15, 0.2) is 60.7 Å². The Morgan fingerprint density at radius 1 is 1.10 bits per heavy atom. The number of carbonyl (C=O) groups excluding carboxylic acids is 2. The van der Waals surface area contributed by atoms with Crippen LogP contribution in [-0.4, -0.2) is 34.4 Å². The lowest BCUT2D eigenvalue weighted by molar-refractivity contribution is -0.119. The van der Waals surface area contributed by atoms with E-state index in [9.17, 15) is 14.7 Å². The molecule has 144 valence electrons. The predicted octanol–water partition coefficient (Wildman–Crippen LogP) is 3.66. The molecule has 3 aromatic rings. The number of phenols is 1. The summed E-state index contributed by atoms with van der Waals surface area (Å²) < 4.78 is 0. The third kappa shape index (κ3) is 3.50. The minimum Gasteiger partial charge on any atom is -0.506 e. The third-order valence-corrected chi connectivity index (χ3v) is 5.21. The van der Waals surface area contributed by atoms with Crippen molar-refractivity contribution in [1.29, 1.82) is 5.26 Å². The number of fused-ring (bicyclic) bond motifs is 1. The highest BCUT2D eigenvalue weighted by atomic mass is 16.3. The Balaban J connectivity index is 1.58. The maximum atomic E-state index is 13.1. The van der Waals surface area contributed by atoms with Gasteiger partial charge in [-0.2, -0.15) is 5.26 Å². The second-order valence-corrected chi connectivity index (χ2v) is 7.02. The number of benzene rings is 3. The summed E-state index contributed by atoms with van der Waals surface area (Å²) in [5.41, 5.74) is 1.15. The molecule has 0 aliphatic carbocycles. The normalized spacial score (nSPS) is 15.8. The van der Waals surface area contributed by atoms with Gasteiger partial charge in [0.2, 0.25) is 5.91 Å². The van der Waals surface area contributed by atoms with Crippen molar-refractivity contribution in [2.24, 2.45) is 0 Å². The molecular formula is C23H19N3O3. The van der Waals surface area contributed by atoms with Crippen LogP contribution in [0, 0.1) is 11.3 Å². The molecule has 29 heavy (non-hydrogen) atoms. The number of carbonyl (C=O) groups is 2. The minimum atomic E-state index is -0.626. The number of phenolic OH excluding ortho intramolecular Hbond substituents is 1. The van der Waals surface area contributed by atoms with Crippen molar-refractivity contribution in [3.63, 3.8) is 0 Å². The SMILES string of the molecule is N#Cc1cccc(NC(=O)C2CCCN2C(=O)c2ccc3ccccc3c2O)c1. The van der Waals surface area contributed by atoms with Gasteiger partial charge in [0.15, 0.2) is 0 Å². The first-order chi connectivity index (χ1) is 14.1. The monoisotopic (exact) mass is 385 g/mol. The van der Waals surface area contributed by atoms with E-state index in [2.05, 4.69) is 5.32 Å². The highest BCUT2D eigenvalue weighted by molar-refractivity contribution is 6.06. The number of nitriles is 1. The minimum absolute atomic E-state index is 0.0686. The molecule has 0 bridgehead atoms. The van der Waals surface area contributed by atoms with Gasteiger partial charge in [0.05, 0.1) is 17.2 Å². The van der Waals surface area contributed by atoms with Crippen molar-refractivity contribution in [3.05, 3.63) is 71.8 Å². The lowest BCUT2D eigenvalue weighted by Gasteiger charge is -2.24. The number of nitrogens with one attached hydrogen (secondary N) is 1. The number of likely N-dealkylation sites (tertiary alicyclic amines) is 1. The molecule has 1 heterocycles. The van der Waals surface area contributed by atoms with Gasteiger partial charge in [-0.25, -0.2) is 0 Å². The third-order valence-electron chi connectivity index (χ3n) is 5.21. The number of hydrogen-bond donors (Lipinski definition) is 2. The molecule has 4 rings (SSSR count). The Morgan fingerprint density at radius 3 is 2.76 bits per heavy atom. The molecule has 1 aliphatic rings. The number of nitrogens with zero attached hydrogens (tertiary/aromatic N) is 2. The molecule has 0 spiro atoms. The van der Waals surface area contributed by atoms with Crippen LogP contribution in [0.1, 0.15) is 28.8 Å². The quantitative estimate of drug-likeness (QED) is 0.719. The molecular weight excluding hydrogens is 366 g/mol. The summed E-state index contributed by atoms with van der Waals surface area (Å²) in [6.45, 7) is 0.446. The van der Waals surface area contributed by atoms with Gasteiger partial charge in [0.25, 0.3) is 5.91 Å². The van der Waals surface area contributed by atoms with Crippen molar-refractivity contribution in [2.45, 2.75) is 18.9 Å². The fraction of sp³-hybridized carbons (Fsp3) is 0.174. The van der Waals surface area contributed by atoms with Crippen molar-refractivity contribution >= 4 is 28.3 Å². The highest BCUT2D eigenvalue weighted by Crippen LogP contribution is 2.31. The van der Waals surface area contributed by atoms with Crippen LogP contribution in [-0.2, 0) is 4.79 Å². The summed E-state index contributed by atoms with van der Waals surface area (Å²) >= 11 is 0. The van der Waals surface area contributed by atoms with E-state index in [1.54, 1.807) is 48.5 Å². The Bertz CT molecular complexity index is 1150. The fourth-order valence-corrected chi connectivity index (χ4v) is 3.76. The van der Waals surface area contributed by atoms with Crippen molar-refractivity contribution < 1.29 is 14.7 Å². The molecule has 2 N–H and O–H groups in total. The maximum Gasteiger partial charge on any atom is 0.258 e. The van der Waals surface area contributed by atoms with E-state index in [1.807, 2.05) is 18.2 Å². The van der Waals surface area contributed by atoms with Crippen LogP contribution in [0.25, 0.3) is 10.8 Å². The predicted molar refractivity (Wildman–Crippen MR) is 109 cm³/mol. The summed E-state index contributed by atoms with van der Waals surface area (Å²) in [4.78, 5) is 27.4. The van der Waals surface area contributed by atoms with Gasteiger partial charge in [-0.1, -0.05) is 36.4 Å². The first-order valence-electron chi connectivity index (χ1n) is 9.41. The van der Waals surface area contributed by atoms with Gasteiger partial charge in [0.1, 0.15) is 11.8 Å². The summed E-state index contributed by atoms with van der Waals surface area (Å²) in [7, 11) is 0. The van der Waals surface area contributed by atoms with Gasteiger partial charge < -0.3 is 15.3 Å². The van der Waals surface area contributed by atoms with Crippen molar-refractivity contribution in [2.75, 3.05) is 11.9 Å². The summed E-state index contributed by atoms with van der Waals surface area (Å²) in [5, 5.41) is 23.9. The lowest BCUT2D eigenvalue weighted by atomic mass is 10.0. The van der Waals surface area contributed by atoms with Gasteiger partial charge >= 0.3 is 0 Å². The molecule has 0 radical (unpaired) electrons. The molecule has 6 nitrogen and oxygen atoms in total. The first-order valence-corrected chi connectivity index (χ1v) is 9.41. The van der Waals surface area contributed by atoms with Crippen LogP contribution >= 0.6 is 0 Å². The Kier molecular flexibility index (Phi) is 4.88. The number of anilines is 1. The first kappa shape index (κ1) is 18.5. The Hall–Kier alpha value is -3.85. The Labute approximate surface area is 168 Å². The molecule has 0 aromatic heterocycles. The smallest absolute Gasteiger partial charge is 0.258 e. The van der Waals surface area contributed by atoms with E-state index >= 15 is 0 Å². The van der Waals surface area contributed by atoms with Crippen LogP contribution in [0.3, 0.4) is 0 Å². The van der Waals surface area contributed by atoms with Gasteiger partial charge in [0, 0.05) is 17.6 Å². The molecule has 1 saturated heterocycles. The molecule has 1 fully saturated rings. The molecule has 1 aliphatic heterocycles. The molecule has 6 heteroatoms. The van der Waals surface area contributed by atoms with E-state index in [0.29, 0.717) is 36.0 Å². The van der Waals surface area contributed by atoms with E-state index in [1.165, 1.54) is 4.90 Å². The highest BCUT2D eigenvalue weighted by Gasteiger charge is 2.35. The molecule has 1 unspecified atom stereocenters. The molecule has 1 atom stereocenters. The summed E-state index contributed by atoms with van der Waals surface area (Å²) in [5.74, 6) is -0.733. The largest absolute Gasteiger partial charge is 0.506 e. The zero-order valence-electron chi connectivity index (χ0n) is 15.6. The zero-order valence-corrected chi connectivity index (χ0v) is 15.6. The number of rotatable bonds is 3. The van der Waals surface area contributed by atoms with E-state index in [-0.39, 0.29) is 23.1 Å². The van der Waals surface area contributed by atoms with Gasteiger partial charge in [-0.05, 0) is 42.5 Å². The Morgan fingerprint density at radius 2 is 1.93 bits per heavy atom. The summed E-state index contributed by atoms with van der Waals surface area (Å²) in [6, 6.07) is 18.7. The number of hydrogen-bond acceptors (Lipinski definition) is 4. The average Bonchev–Trinajstić information content (AvgIpc) is 3.24. The molecule has 3 aromatic carbocycles. The van der Waals surface area contributed by atoms with E-state index < -0.39 is 6.04 Å². The molecule has 0 saturated carbocycles. The number of amides is 2. The van der Waals surface area contributed by atoms with Crippen LogP contribution < -0.4 is 5.32 Å².